The fourth-order valence-corrected chi connectivity index (χ4v) is 2.97. The van der Waals surface area contributed by atoms with Crippen LogP contribution in [0.2, 0.25) is 0 Å². The number of methoxy groups -OCH3 is 2. The highest BCUT2D eigenvalue weighted by Gasteiger charge is 2.16. The van der Waals surface area contributed by atoms with Crippen molar-refractivity contribution in [2.24, 2.45) is 0 Å². The molecule has 6 nitrogen and oxygen atoms in total. The van der Waals surface area contributed by atoms with E-state index in [-0.39, 0.29) is 11.8 Å². The van der Waals surface area contributed by atoms with Gasteiger partial charge in [0.2, 0.25) is 5.91 Å². The molecule has 0 aliphatic carbocycles. The van der Waals surface area contributed by atoms with Crippen LogP contribution in [0.15, 0.2) is 18.2 Å². The zero-order valence-corrected chi connectivity index (χ0v) is 14.9. The Morgan fingerprint density at radius 2 is 2.04 bits per heavy atom. The number of amides is 1. The Morgan fingerprint density at radius 1 is 1.29 bits per heavy atom. The first-order valence-corrected chi connectivity index (χ1v) is 8.55. The van der Waals surface area contributed by atoms with Crippen LogP contribution in [-0.4, -0.2) is 64.3 Å². The van der Waals surface area contributed by atoms with E-state index in [0.717, 1.165) is 49.8 Å². The normalized spacial score (nSPS) is 16.5. The fourth-order valence-electron chi connectivity index (χ4n) is 2.97. The van der Waals surface area contributed by atoms with Gasteiger partial charge in [-0.3, -0.25) is 9.69 Å². The standard InChI is InChI=1S/C18H29N3O3/c1-14(16-5-4-15(23-2)13-17(16)24-3)12-18(22)20-8-11-21-9-6-19-7-10-21/h4-5,13-14,19H,6-12H2,1-3H3,(H,20,22). The average Bonchev–Trinajstić information content (AvgIpc) is 2.61. The third kappa shape index (κ3) is 5.39. The minimum Gasteiger partial charge on any atom is -0.497 e. The number of nitrogens with one attached hydrogen (secondary N) is 2. The fraction of sp³-hybridized carbons (Fsp3) is 0.611. The summed E-state index contributed by atoms with van der Waals surface area (Å²) in [7, 11) is 3.27. The van der Waals surface area contributed by atoms with Crippen molar-refractivity contribution < 1.29 is 14.3 Å². The van der Waals surface area contributed by atoms with Crippen LogP contribution in [-0.2, 0) is 4.79 Å². The molecule has 0 spiro atoms. The number of piperazine rings is 1. The van der Waals surface area contributed by atoms with E-state index < -0.39 is 0 Å². The van der Waals surface area contributed by atoms with Crippen LogP contribution in [0.5, 0.6) is 11.5 Å². The molecule has 1 aliphatic heterocycles. The van der Waals surface area contributed by atoms with Crippen LogP contribution >= 0.6 is 0 Å². The molecule has 2 N–H and O–H groups in total. The van der Waals surface area contributed by atoms with Gasteiger partial charge < -0.3 is 20.1 Å². The number of rotatable bonds is 8. The van der Waals surface area contributed by atoms with Crippen LogP contribution in [0.4, 0.5) is 0 Å². The minimum atomic E-state index is 0.0792. The van der Waals surface area contributed by atoms with Crippen LogP contribution in [0.1, 0.15) is 24.8 Å². The summed E-state index contributed by atoms with van der Waals surface area (Å²) in [4.78, 5) is 14.6. The van der Waals surface area contributed by atoms with Gasteiger partial charge in [0.05, 0.1) is 14.2 Å². The Morgan fingerprint density at radius 3 is 2.71 bits per heavy atom. The predicted octanol–water partition coefficient (Wildman–Crippen LogP) is 1.22. The van der Waals surface area contributed by atoms with E-state index in [1.165, 1.54) is 0 Å². The van der Waals surface area contributed by atoms with E-state index >= 15 is 0 Å². The zero-order chi connectivity index (χ0) is 17.4. The number of carbonyl (C=O) groups is 1. The Hall–Kier alpha value is -1.79. The van der Waals surface area contributed by atoms with Crippen LogP contribution in [0.25, 0.3) is 0 Å². The van der Waals surface area contributed by atoms with Gasteiger partial charge in [-0.25, -0.2) is 0 Å². The van der Waals surface area contributed by atoms with Crippen LogP contribution < -0.4 is 20.1 Å². The second-order valence-electron chi connectivity index (χ2n) is 6.15. The second-order valence-corrected chi connectivity index (χ2v) is 6.15. The van der Waals surface area contributed by atoms with Gasteiger partial charge in [0, 0.05) is 51.8 Å². The third-order valence-corrected chi connectivity index (χ3v) is 4.42. The van der Waals surface area contributed by atoms with Crippen molar-refractivity contribution in [1.82, 2.24) is 15.5 Å². The first kappa shape index (κ1) is 18.5. The molecule has 0 bridgehead atoms. The molecule has 0 saturated carbocycles. The molecule has 1 aliphatic rings. The van der Waals surface area contributed by atoms with Crippen molar-refractivity contribution in [3.05, 3.63) is 23.8 Å². The highest BCUT2D eigenvalue weighted by Crippen LogP contribution is 2.32. The molecule has 1 aromatic carbocycles. The van der Waals surface area contributed by atoms with E-state index in [2.05, 4.69) is 15.5 Å². The van der Waals surface area contributed by atoms with E-state index in [0.29, 0.717) is 13.0 Å². The first-order chi connectivity index (χ1) is 11.6. The first-order valence-electron chi connectivity index (χ1n) is 8.55. The minimum absolute atomic E-state index is 0.0792. The summed E-state index contributed by atoms with van der Waals surface area (Å²) in [5.74, 6) is 1.68. The van der Waals surface area contributed by atoms with E-state index in [4.69, 9.17) is 9.47 Å². The molecular weight excluding hydrogens is 306 g/mol. The Kier molecular flexibility index (Phi) is 7.34. The molecule has 1 amide bonds. The van der Waals surface area contributed by atoms with Gasteiger partial charge in [-0.05, 0) is 17.5 Å². The number of hydrogen-bond donors (Lipinski definition) is 2. The summed E-state index contributed by atoms with van der Waals surface area (Å²) >= 11 is 0. The quantitative estimate of drug-likeness (QED) is 0.748. The maximum atomic E-state index is 12.2. The lowest BCUT2D eigenvalue weighted by molar-refractivity contribution is -0.121. The van der Waals surface area contributed by atoms with E-state index in [1.54, 1.807) is 14.2 Å². The van der Waals surface area contributed by atoms with Gasteiger partial charge in [0.15, 0.2) is 0 Å². The summed E-state index contributed by atoms with van der Waals surface area (Å²) < 4.78 is 10.6. The molecule has 1 aromatic rings. The molecule has 0 radical (unpaired) electrons. The molecule has 1 unspecified atom stereocenters. The van der Waals surface area contributed by atoms with Crippen molar-refractivity contribution in [3.63, 3.8) is 0 Å². The summed E-state index contributed by atoms with van der Waals surface area (Å²) in [5.41, 5.74) is 1.02. The molecular formula is C18H29N3O3. The SMILES string of the molecule is COc1ccc(C(C)CC(=O)NCCN2CCNCC2)c(OC)c1. The molecule has 1 saturated heterocycles. The van der Waals surface area contributed by atoms with Gasteiger partial charge in [-0.2, -0.15) is 0 Å². The van der Waals surface area contributed by atoms with Gasteiger partial charge in [0.25, 0.3) is 0 Å². The lowest BCUT2D eigenvalue weighted by Gasteiger charge is -2.27. The second kappa shape index (κ2) is 9.49. The topological polar surface area (TPSA) is 62.8 Å². The Bertz CT molecular complexity index is 530. The van der Waals surface area contributed by atoms with Gasteiger partial charge in [-0.1, -0.05) is 13.0 Å². The average molecular weight is 335 g/mol. The van der Waals surface area contributed by atoms with Crippen molar-refractivity contribution >= 4 is 5.91 Å². The molecule has 134 valence electrons. The highest BCUT2D eigenvalue weighted by atomic mass is 16.5. The van der Waals surface area contributed by atoms with Gasteiger partial charge >= 0.3 is 0 Å². The predicted molar refractivity (Wildman–Crippen MR) is 94.9 cm³/mol. The largest absolute Gasteiger partial charge is 0.497 e. The van der Waals surface area contributed by atoms with Crippen LogP contribution in [0, 0.1) is 0 Å². The van der Waals surface area contributed by atoms with Crippen molar-refractivity contribution in [3.8, 4) is 11.5 Å². The van der Waals surface area contributed by atoms with Crippen molar-refractivity contribution in [1.29, 1.82) is 0 Å². The third-order valence-electron chi connectivity index (χ3n) is 4.42. The summed E-state index contributed by atoms with van der Waals surface area (Å²) in [6, 6.07) is 5.72. The summed E-state index contributed by atoms with van der Waals surface area (Å²) in [5, 5.41) is 6.35. The highest BCUT2D eigenvalue weighted by molar-refractivity contribution is 5.77. The van der Waals surface area contributed by atoms with Gasteiger partial charge in [-0.15, -0.1) is 0 Å². The Balaban J connectivity index is 1.80. The smallest absolute Gasteiger partial charge is 0.220 e. The summed E-state index contributed by atoms with van der Waals surface area (Å²) in [6.45, 7) is 7.81. The van der Waals surface area contributed by atoms with Crippen molar-refractivity contribution in [2.45, 2.75) is 19.3 Å². The van der Waals surface area contributed by atoms with Crippen molar-refractivity contribution in [2.75, 3.05) is 53.5 Å². The molecule has 1 heterocycles. The lowest BCUT2D eigenvalue weighted by Crippen LogP contribution is -2.46. The molecule has 1 fully saturated rings. The number of nitrogens with zero attached hydrogens (tertiary/aromatic N) is 1. The molecule has 0 aromatic heterocycles. The van der Waals surface area contributed by atoms with E-state index in [9.17, 15) is 4.79 Å². The maximum absolute atomic E-state index is 12.2. The number of hydrogen-bond acceptors (Lipinski definition) is 5. The zero-order valence-electron chi connectivity index (χ0n) is 14.9. The monoisotopic (exact) mass is 335 g/mol. The Labute approximate surface area is 144 Å². The number of ether oxygens (including phenoxy) is 2. The van der Waals surface area contributed by atoms with Crippen LogP contribution in [0.3, 0.4) is 0 Å². The molecule has 2 rings (SSSR count). The molecule has 24 heavy (non-hydrogen) atoms. The van der Waals surface area contributed by atoms with Gasteiger partial charge in [0.1, 0.15) is 11.5 Å². The summed E-state index contributed by atoms with van der Waals surface area (Å²) in [6.07, 6.45) is 0.449. The maximum Gasteiger partial charge on any atom is 0.220 e. The molecule has 6 heteroatoms. The molecule has 1 atom stereocenters. The lowest BCUT2D eigenvalue weighted by atomic mass is 9.96. The van der Waals surface area contributed by atoms with E-state index in [1.807, 2.05) is 25.1 Å². The number of benzene rings is 1. The number of carbonyl (C=O) groups excluding carboxylic acids is 1.